The molecule has 8 nitrogen and oxygen atoms in total. The number of alkyl halides is 2. The van der Waals surface area contributed by atoms with Gasteiger partial charge in [0, 0.05) is 23.8 Å². The van der Waals surface area contributed by atoms with Crippen molar-refractivity contribution in [2.24, 2.45) is 0 Å². The van der Waals surface area contributed by atoms with Crippen molar-refractivity contribution >= 4 is 22.5 Å². The Labute approximate surface area is 172 Å². The standard InChI is InChI=1S/C20H22F2N6O2/c1-12-8-28(15-3-2-13(6-23)18-14(15)7-25-11-26-18)9-16(30-12)19(29)27-17-4-5-24-10-20(17,21)22/h2-3,7,11-12,16-17,24H,4-5,8-10H2,1H3,(H,27,29)/t12-,16-,17?/m1/s1. The fourth-order valence-electron chi connectivity index (χ4n) is 4.00. The summed E-state index contributed by atoms with van der Waals surface area (Å²) in [5.41, 5.74) is 1.73. The lowest BCUT2D eigenvalue weighted by Gasteiger charge is -2.39. The van der Waals surface area contributed by atoms with E-state index in [1.165, 1.54) is 6.33 Å². The number of piperidine rings is 1. The van der Waals surface area contributed by atoms with Gasteiger partial charge in [0.25, 0.3) is 11.8 Å². The van der Waals surface area contributed by atoms with Crippen LogP contribution in [0.25, 0.3) is 10.9 Å². The van der Waals surface area contributed by atoms with Crippen LogP contribution in [-0.4, -0.2) is 66.2 Å². The number of ether oxygens (including phenoxy) is 1. The first-order valence-electron chi connectivity index (χ1n) is 9.81. The number of carbonyl (C=O) groups is 1. The molecule has 1 aromatic heterocycles. The van der Waals surface area contributed by atoms with Crippen LogP contribution in [0.2, 0.25) is 0 Å². The number of carbonyl (C=O) groups excluding carboxylic acids is 1. The molecule has 2 saturated heterocycles. The van der Waals surface area contributed by atoms with Gasteiger partial charge >= 0.3 is 0 Å². The Morgan fingerprint density at radius 2 is 2.27 bits per heavy atom. The predicted molar refractivity (Wildman–Crippen MR) is 105 cm³/mol. The summed E-state index contributed by atoms with van der Waals surface area (Å²) >= 11 is 0. The average Bonchev–Trinajstić information content (AvgIpc) is 2.73. The van der Waals surface area contributed by atoms with E-state index in [1.54, 1.807) is 18.3 Å². The zero-order chi connectivity index (χ0) is 21.3. The average molecular weight is 416 g/mol. The molecule has 2 aromatic rings. The van der Waals surface area contributed by atoms with Crippen LogP contribution in [-0.2, 0) is 9.53 Å². The van der Waals surface area contributed by atoms with E-state index in [0.29, 0.717) is 29.6 Å². The Kier molecular flexibility index (Phi) is 5.49. The monoisotopic (exact) mass is 416 g/mol. The highest BCUT2D eigenvalue weighted by atomic mass is 19.3. The van der Waals surface area contributed by atoms with Gasteiger partial charge in [0.15, 0.2) is 6.10 Å². The molecule has 2 N–H and O–H groups in total. The maximum absolute atomic E-state index is 14.1. The lowest BCUT2D eigenvalue weighted by Crippen LogP contribution is -2.61. The Morgan fingerprint density at radius 1 is 1.43 bits per heavy atom. The van der Waals surface area contributed by atoms with E-state index < -0.39 is 30.5 Å². The van der Waals surface area contributed by atoms with Crippen molar-refractivity contribution in [3.63, 3.8) is 0 Å². The van der Waals surface area contributed by atoms with Gasteiger partial charge in [-0.15, -0.1) is 0 Å². The van der Waals surface area contributed by atoms with Crippen molar-refractivity contribution in [3.05, 3.63) is 30.2 Å². The van der Waals surface area contributed by atoms with Crippen LogP contribution >= 0.6 is 0 Å². The Bertz CT molecular complexity index is 995. The molecule has 2 fully saturated rings. The highest BCUT2D eigenvalue weighted by Crippen LogP contribution is 2.30. The van der Waals surface area contributed by atoms with E-state index in [-0.39, 0.29) is 19.1 Å². The number of anilines is 1. The number of nitriles is 1. The summed E-state index contributed by atoms with van der Waals surface area (Å²) in [6, 6.07) is 4.36. The van der Waals surface area contributed by atoms with Gasteiger partial charge in [-0.1, -0.05) is 0 Å². The molecule has 30 heavy (non-hydrogen) atoms. The molecule has 10 heteroatoms. The third-order valence-corrected chi connectivity index (χ3v) is 5.46. The maximum Gasteiger partial charge on any atom is 0.280 e. The number of aromatic nitrogens is 2. The van der Waals surface area contributed by atoms with Gasteiger partial charge in [-0.2, -0.15) is 5.26 Å². The lowest BCUT2D eigenvalue weighted by molar-refractivity contribution is -0.142. The largest absolute Gasteiger partial charge is 0.365 e. The highest BCUT2D eigenvalue weighted by molar-refractivity contribution is 5.95. The number of nitrogens with zero attached hydrogens (tertiary/aromatic N) is 4. The van der Waals surface area contributed by atoms with Crippen LogP contribution < -0.4 is 15.5 Å². The molecule has 1 unspecified atom stereocenters. The second-order valence-corrected chi connectivity index (χ2v) is 7.66. The Balaban J connectivity index is 1.56. The number of hydrogen-bond acceptors (Lipinski definition) is 7. The molecule has 0 saturated carbocycles. The number of benzene rings is 1. The van der Waals surface area contributed by atoms with Crippen LogP contribution in [0.15, 0.2) is 24.7 Å². The molecule has 4 rings (SSSR count). The van der Waals surface area contributed by atoms with Gasteiger partial charge in [0.05, 0.1) is 36.3 Å². The fourth-order valence-corrected chi connectivity index (χ4v) is 4.00. The van der Waals surface area contributed by atoms with E-state index in [2.05, 4.69) is 26.7 Å². The molecule has 0 bridgehead atoms. The quantitative estimate of drug-likeness (QED) is 0.775. The first-order chi connectivity index (χ1) is 14.4. The maximum atomic E-state index is 14.1. The first kappa shape index (κ1) is 20.4. The minimum Gasteiger partial charge on any atom is -0.365 e. The number of amides is 1. The summed E-state index contributed by atoms with van der Waals surface area (Å²) in [4.78, 5) is 23.0. The topological polar surface area (TPSA) is 103 Å². The van der Waals surface area contributed by atoms with Gasteiger partial charge in [-0.05, 0) is 32.0 Å². The SMILES string of the molecule is C[C@@H]1CN(c2ccc(C#N)c3ncncc23)C[C@H](C(=O)NC2CCNCC2(F)F)O1. The van der Waals surface area contributed by atoms with Gasteiger partial charge in [-0.25, -0.2) is 18.7 Å². The normalized spacial score (nSPS) is 26.2. The fraction of sp³-hybridized carbons (Fsp3) is 0.500. The summed E-state index contributed by atoms with van der Waals surface area (Å²) in [6.45, 7) is 2.49. The van der Waals surface area contributed by atoms with Crippen LogP contribution in [0, 0.1) is 11.3 Å². The molecular formula is C20H22F2N6O2. The number of rotatable bonds is 3. The van der Waals surface area contributed by atoms with Gasteiger partial charge in [0.2, 0.25) is 0 Å². The van der Waals surface area contributed by atoms with Crippen molar-refractivity contribution in [1.29, 1.82) is 5.26 Å². The minimum absolute atomic E-state index is 0.155. The molecule has 2 aliphatic heterocycles. The third-order valence-electron chi connectivity index (χ3n) is 5.46. The Hall–Kier alpha value is -2.90. The molecule has 0 spiro atoms. The highest BCUT2D eigenvalue weighted by Gasteiger charge is 2.44. The van der Waals surface area contributed by atoms with E-state index >= 15 is 0 Å². The number of morpholine rings is 1. The van der Waals surface area contributed by atoms with Crippen molar-refractivity contribution in [2.75, 3.05) is 31.1 Å². The molecule has 0 aliphatic carbocycles. The summed E-state index contributed by atoms with van der Waals surface area (Å²) in [5.74, 6) is -3.55. The molecule has 3 atom stereocenters. The zero-order valence-electron chi connectivity index (χ0n) is 16.4. The second kappa shape index (κ2) is 8.08. The molecule has 0 radical (unpaired) electrons. The van der Waals surface area contributed by atoms with Crippen LogP contribution in [0.5, 0.6) is 0 Å². The van der Waals surface area contributed by atoms with Crippen molar-refractivity contribution in [3.8, 4) is 6.07 Å². The first-order valence-corrected chi connectivity index (χ1v) is 9.81. The Morgan fingerprint density at radius 3 is 3.03 bits per heavy atom. The minimum atomic E-state index is -3.01. The molecule has 1 aromatic carbocycles. The number of nitrogens with one attached hydrogen (secondary N) is 2. The van der Waals surface area contributed by atoms with Crippen LogP contribution in [0.1, 0.15) is 18.9 Å². The molecule has 2 aliphatic rings. The van der Waals surface area contributed by atoms with Crippen LogP contribution in [0.3, 0.4) is 0 Å². The molecule has 3 heterocycles. The third kappa shape index (κ3) is 3.91. The van der Waals surface area contributed by atoms with Gasteiger partial charge < -0.3 is 20.3 Å². The summed E-state index contributed by atoms with van der Waals surface area (Å²) in [5, 5.41) is 15.1. The van der Waals surface area contributed by atoms with Gasteiger partial charge in [-0.3, -0.25) is 4.79 Å². The molecular weight excluding hydrogens is 394 g/mol. The smallest absolute Gasteiger partial charge is 0.280 e. The van der Waals surface area contributed by atoms with E-state index in [1.807, 2.05) is 11.8 Å². The summed E-state index contributed by atoms with van der Waals surface area (Å²) in [6.07, 6.45) is 1.98. The van der Waals surface area contributed by atoms with Crippen molar-refractivity contribution in [2.45, 2.75) is 37.5 Å². The number of fused-ring (bicyclic) bond motifs is 1. The summed E-state index contributed by atoms with van der Waals surface area (Å²) in [7, 11) is 0. The zero-order valence-corrected chi connectivity index (χ0v) is 16.4. The van der Waals surface area contributed by atoms with Crippen molar-refractivity contribution < 1.29 is 18.3 Å². The summed E-state index contributed by atoms with van der Waals surface area (Å²) < 4.78 is 34.0. The van der Waals surface area contributed by atoms with E-state index in [4.69, 9.17) is 4.74 Å². The van der Waals surface area contributed by atoms with Crippen LogP contribution in [0.4, 0.5) is 14.5 Å². The number of hydrogen-bond donors (Lipinski definition) is 2. The molecule has 158 valence electrons. The van der Waals surface area contributed by atoms with E-state index in [9.17, 15) is 18.8 Å². The predicted octanol–water partition coefficient (Wildman–Crippen LogP) is 1.21. The van der Waals surface area contributed by atoms with Crippen molar-refractivity contribution in [1.82, 2.24) is 20.6 Å². The lowest BCUT2D eigenvalue weighted by atomic mass is 10.0. The van der Waals surface area contributed by atoms with Gasteiger partial charge in [0.1, 0.15) is 12.4 Å². The molecule has 1 amide bonds. The second-order valence-electron chi connectivity index (χ2n) is 7.66. The van der Waals surface area contributed by atoms with E-state index in [0.717, 1.165) is 5.69 Å². The number of halogens is 2.